The summed E-state index contributed by atoms with van der Waals surface area (Å²) in [5.74, 6) is -1.17. The Kier molecular flexibility index (Phi) is 8.79. The molecule has 0 aromatic heterocycles. The third kappa shape index (κ3) is 5.14. The van der Waals surface area contributed by atoms with Gasteiger partial charge >= 0.3 is 11.9 Å². The Balaban J connectivity index is 3.20. The quantitative estimate of drug-likeness (QED) is 0.238. The van der Waals surface area contributed by atoms with E-state index in [1.54, 1.807) is 0 Å². The summed E-state index contributed by atoms with van der Waals surface area (Å²) >= 11 is 0. The lowest BCUT2D eigenvalue weighted by Gasteiger charge is -2.33. The van der Waals surface area contributed by atoms with Gasteiger partial charge in [0.15, 0.2) is 0 Å². The van der Waals surface area contributed by atoms with Gasteiger partial charge in [-0.15, -0.1) is 0 Å². The van der Waals surface area contributed by atoms with Gasteiger partial charge in [0.05, 0.1) is 14.2 Å². The third-order valence-electron chi connectivity index (χ3n) is 7.09. The summed E-state index contributed by atoms with van der Waals surface area (Å²) in [6, 6.07) is 4.51. The van der Waals surface area contributed by atoms with Crippen LogP contribution in [0.1, 0.15) is 89.8 Å². The van der Waals surface area contributed by atoms with Gasteiger partial charge in [0.25, 0.3) is 5.78 Å². The topological polar surface area (TPSA) is 69.7 Å². The van der Waals surface area contributed by atoms with Crippen molar-refractivity contribution in [2.75, 3.05) is 26.5 Å². The Morgan fingerprint density at radius 1 is 0.788 bits per heavy atom. The lowest BCUT2D eigenvalue weighted by molar-refractivity contribution is -0.149. The third-order valence-corrected chi connectivity index (χ3v) is 12.1. The lowest BCUT2D eigenvalue weighted by atomic mass is 9.89. The Morgan fingerprint density at radius 2 is 1.21 bits per heavy atom. The van der Waals surface area contributed by atoms with Crippen LogP contribution in [0, 0.1) is 11.8 Å². The Hall–Kier alpha value is -1.87. The van der Waals surface area contributed by atoms with Crippen LogP contribution < -0.4 is 5.30 Å². The van der Waals surface area contributed by atoms with Gasteiger partial charge in [-0.05, 0) is 63.9 Å². The first-order chi connectivity index (χ1) is 15.3. The number of carbonyl (C=O) groups is 3. The molecule has 33 heavy (non-hydrogen) atoms. The van der Waals surface area contributed by atoms with Crippen molar-refractivity contribution in [1.82, 2.24) is 0 Å². The van der Waals surface area contributed by atoms with Crippen molar-refractivity contribution >= 4 is 35.2 Å². The molecule has 0 aliphatic carbocycles. The van der Waals surface area contributed by atoms with Crippen LogP contribution in [0.5, 0.6) is 0 Å². The number of benzene rings is 1. The molecule has 5 nitrogen and oxygen atoms in total. The fraction of sp³-hybridized carbons (Fsp3) is 0.630. The standard InChI is InChI=1S/C27H41O5P/c1-15(2)20-11-21(16(3)4)24(22(12-20)17(5)6)33(13-18(7)19(8)14-33)25(27(30)32-10)23(28)26(29)31-9/h11-12,15-19H,13-14H2,1-10H3. The minimum atomic E-state index is -2.56. The predicted molar refractivity (Wildman–Crippen MR) is 137 cm³/mol. The molecule has 2 unspecified atom stereocenters. The second kappa shape index (κ2) is 10.6. The number of ether oxygens (including phenoxy) is 2. The number of carbonyl (C=O) groups excluding carboxylic acids is 3. The monoisotopic (exact) mass is 476 g/mol. The Bertz CT molecular complexity index is 943. The fourth-order valence-corrected chi connectivity index (χ4v) is 11.4. The molecule has 1 aromatic carbocycles. The van der Waals surface area contributed by atoms with Gasteiger partial charge in [-0.2, -0.15) is 0 Å². The van der Waals surface area contributed by atoms with Gasteiger partial charge in [-0.1, -0.05) is 74.4 Å². The van der Waals surface area contributed by atoms with E-state index in [9.17, 15) is 14.4 Å². The van der Waals surface area contributed by atoms with Crippen LogP contribution in [0.2, 0.25) is 0 Å². The summed E-state index contributed by atoms with van der Waals surface area (Å²) in [6.07, 6.45) is 1.42. The highest BCUT2D eigenvalue weighted by molar-refractivity contribution is 7.86. The van der Waals surface area contributed by atoms with Crippen LogP contribution in [-0.4, -0.2) is 49.6 Å². The number of ketones is 1. The van der Waals surface area contributed by atoms with Gasteiger partial charge in [0.2, 0.25) is 0 Å². The molecule has 6 heteroatoms. The smallest absolute Gasteiger partial charge is 0.379 e. The van der Waals surface area contributed by atoms with E-state index in [2.05, 4.69) is 67.5 Å². The molecule has 1 fully saturated rings. The highest BCUT2D eigenvalue weighted by Crippen LogP contribution is 2.60. The molecule has 0 N–H and O–H groups in total. The lowest BCUT2D eigenvalue weighted by Crippen LogP contribution is -2.37. The zero-order chi connectivity index (χ0) is 25.2. The molecule has 1 heterocycles. The molecule has 1 aliphatic heterocycles. The Labute approximate surface area is 199 Å². The molecule has 0 amide bonds. The molecule has 2 atom stereocenters. The van der Waals surface area contributed by atoms with Gasteiger partial charge in [-0.3, -0.25) is 4.79 Å². The maximum absolute atomic E-state index is 13.4. The SMILES string of the molecule is COC(=O)C(=O)C(C(=O)OC)=P1(c2c(C(C)C)cc(C(C)C)cc2C(C)C)CC(C)C(C)C1. The van der Waals surface area contributed by atoms with E-state index in [1.807, 2.05) is 0 Å². The van der Waals surface area contributed by atoms with Crippen molar-refractivity contribution in [1.29, 1.82) is 0 Å². The van der Waals surface area contributed by atoms with Crippen LogP contribution in [0.4, 0.5) is 0 Å². The summed E-state index contributed by atoms with van der Waals surface area (Å²) in [5, 5.41) is 1.15. The van der Waals surface area contributed by atoms with Crippen LogP contribution in [-0.2, 0) is 23.9 Å². The van der Waals surface area contributed by atoms with E-state index in [4.69, 9.17) is 9.47 Å². The largest absolute Gasteiger partial charge is 0.465 e. The molecule has 0 saturated carbocycles. The minimum absolute atomic E-state index is 0.0224. The molecule has 0 radical (unpaired) electrons. The first-order valence-corrected chi connectivity index (χ1v) is 14.1. The van der Waals surface area contributed by atoms with Crippen molar-refractivity contribution in [3.8, 4) is 0 Å². The predicted octanol–water partition coefficient (Wildman–Crippen LogP) is 5.07. The van der Waals surface area contributed by atoms with Crippen molar-refractivity contribution in [2.45, 2.75) is 73.1 Å². The Morgan fingerprint density at radius 3 is 1.55 bits per heavy atom. The van der Waals surface area contributed by atoms with E-state index >= 15 is 0 Å². The molecule has 2 rings (SSSR count). The molecule has 0 bridgehead atoms. The highest BCUT2D eigenvalue weighted by Gasteiger charge is 2.46. The van der Waals surface area contributed by atoms with E-state index in [1.165, 1.54) is 30.9 Å². The van der Waals surface area contributed by atoms with Crippen molar-refractivity contribution in [3.63, 3.8) is 0 Å². The summed E-state index contributed by atoms with van der Waals surface area (Å²) in [7, 11) is 2.46. The second-order valence-corrected chi connectivity index (χ2v) is 14.0. The van der Waals surface area contributed by atoms with Crippen LogP contribution in [0.15, 0.2) is 12.1 Å². The van der Waals surface area contributed by atoms with Crippen LogP contribution >= 0.6 is 6.89 Å². The van der Waals surface area contributed by atoms with E-state index in [0.717, 1.165) is 5.30 Å². The molecule has 184 valence electrons. The zero-order valence-electron chi connectivity index (χ0n) is 21.9. The van der Waals surface area contributed by atoms with E-state index < -0.39 is 24.6 Å². The average molecular weight is 477 g/mol. The van der Waals surface area contributed by atoms with Crippen molar-refractivity contribution in [2.24, 2.45) is 11.8 Å². The van der Waals surface area contributed by atoms with E-state index in [-0.39, 0.29) is 17.1 Å². The summed E-state index contributed by atoms with van der Waals surface area (Å²) in [5.41, 5.74) is 3.61. The molecule has 1 aliphatic rings. The maximum Gasteiger partial charge on any atom is 0.379 e. The van der Waals surface area contributed by atoms with Crippen molar-refractivity contribution in [3.05, 3.63) is 28.8 Å². The average Bonchev–Trinajstić information content (AvgIpc) is 3.06. The van der Waals surface area contributed by atoms with Gasteiger partial charge < -0.3 is 9.47 Å². The number of hydrogen-bond acceptors (Lipinski definition) is 5. The molecule has 1 aromatic rings. The summed E-state index contributed by atoms with van der Waals surface area (Å²) in [6.45, 7) is 14.8. The number of hydrogen-bond donors (Lipinski definition) is 0. The molecular formula is C27H41O5P. The number of methoxy groups -OCH3 is 2. The minimum Gasteiger partial charge on any atom is -0.465 e. The van der Waals surface area contributed by atoms with Crippen molar-refractivity contribution < 1.29 is 23.9 Å². The molecule has 1 saturated heterocycles. The fourth-order valence-electron chi connectivity index (χ4n) is 5.05. The number of rotatable bonds is 7. The maximum atomic E-state index is 13.4. The normalized spacial score (nSPS) is 22.7. The highest BCUT2D eigenvalue weighted by atomic mass is 31.2. The van der Waals surface area contributed by atoms with Gasteiger partial charge in [0.1, 0.15) is 5.29 Å². The molecule has 0 spiro atoms. The van der Waals surface area contributed by atoms with Crippen LogP contribution in [0.25, 0.3) is 0 Å². The first-order valence-electron chi connectivity index (χ1n) is 12.0. The summed E-state index contributed by atoms with van der Waals surface area (Å²) < 4.78 is 9.93. The zero-order valence-corrected chi connectivity index (χ0v) is 22.8. The second-order valence-electron chi connectivity index (χ2n) is 10.5. The first kappa shape index (κ1) is 27.4. The number of Topliss-reactive ketones (excluding diaryl/α,β-unsaturated/α-hetero) is 1. The van der Waals surface area contributed by atoms with E-state index in [0.29, 0.717) is 30.1 Å². The molecular weight excluding hydrogens is 435 g/mol. The van der Waals surface area contributed by atoms with Crippen LogP contribution in [0.3, 0.4) is 0 Å². The van der Waals surface area contributed by atoms with Gasteiger partial charge in [0, 0.05) is 0 Å². The van der Waals surface area contributed by atoms with Gasteiger partial charge in [-0.25, -0.2) is 9.59 Å². The summed E-state index contributed by atoms with van der Waals surface area (Å²) in [4.78, 5) is 39.1. The number of esters is 2.